The molecule has 0 radical (unpaired) electrons. The third-order valence-electron chi connectivity index (χ3n) is 2.25. The summed E-state index contributed by atoms with van der Waals surface area (Å²) in [5.74, 6) is 0.425. The van der Waals surface area contributed by atoms with E-state index in [-0.39, 0.29) is 18.3 Å². The quantitative estimate of drug-likeness (QED) is 0.603. The van der Waals surface area contributed by atoms with Crippen molar-refractivity contribution in [2.75, 3.05) is 13.2 Å². The average molecular weight is 222 g/mol. The average Bonchev–Trinajstić information content (AvgIpc) is 2.77. The minimum absolute atomic E-state index is 0.0288. The van der Waals surface area contributed by atoms with Crippen LogP contribution in [0.15, 0.2) is 29.3 Å². The highest BCUT2D eigenvalue weighted by atomic mass is 16.6. The maximum absolute atomic E-state index is 10.4. The Hall–Kier alpha value is -1.95. The highest BCUT2D eigenvalue weighted by Gasteiger charge is 2.19. The highest BCUT2D eigenvalue weighted by Crippen LogP contribution is 2.16. The van der Waals surface area contributed by atoms with Crippen LogP contribution in [0.25, 0.3) is 0 Å². The molecule has 6 heteroatoms. The molecule has 0 fully saturated rings. The van der Waals surface area contributed by atoms with Crippen molar-refractivity contribution in [3.8, 4) is 0 Å². The van der Waals surface area contributed by atoms with Crippen LogP contribution in [0.5, 0.6) is 0 Å². The van der Waals surface area contributed by atoms with E-state index < -0.39 is 4.92 Å². The Bertz CT molecular complexity index is 427. The summed E-state index contributed by atoms with van der Waals surface area (Å²) >= 11 is 0. The monoisotopic (exact) mass is 222 g/mol. The fourth-order valence-electron chi connectivity index (χ4n) is 1.39. The van der Waals surface area contributed by atoms with E-state index >= 15 is 0 Å². The van der Waals surface area contributed by atoms with Crippen LogP contribution in [0, 0.1) is 10.1 Å². The van der Waals surface area contributed by atoms with Gasteiger partial charge in [0.1, 0.15) is 12.6 Å². The first kappa shape index (κ1) is 10.6. The Balaban J connectivity index is 2.19. The normalized spacial score (nSPS) is 19.1. The standard InChI is InChI=1S/C10H10N2O4/c13-5-8-6-16-10(11-8)7-1-3-9(4-2-7)12(14)15/h1-4,8,13H,5-6H2/t8-/m0/s1. The first-order chi connectivity index (χ1) is 7.70. The van der Waals surface area contributed by atoms with Crippen molar-refractivity contribution >= 4 is 11.6 Å². The van der Waals surface area contributed by atoms with Gasteiger partial charge in [0.15, 0.2) is 0 Å². The molecule has 1 N–H and O–H groups in total. The van der Waals surface area contributed by atoms with Gasteiger partial charge in [0.25, 0.3) is 5.69 Å². The first-order valence-electron chi connectivity index (χ1n) is 4.77. The Morgan fingerprint density at radius 1 is 1.50 bits per heavy atom. The molecule has 6 nitrogen and oxygen atoms in total. The molecule has 84 valence electrons. The summed E-state index contributed by atoms with van der Waals surface area (Å²) in [7, 11) is 0. The lowest BCUT2D eigenvalue weighted by Gasteiger charge is -2.00. The fraction of sp³-hybridized carbons (Fsp3) is 0.300. The molecule has 1 aromatic rings. The molecule has 1 atom stereocenters. The Labute approximate surface area is 91.3 Å². The number of aliphatic hydroxyl groups is 1. The second-order valence-electron chi connectivity index (χ2n) is 3.39. The lowest BCUT2D eigenvalue weighted by atomic mass is 10.2. The van der Waals surface area contributed by atoms with Crippen LogP contribution in [-0.4, -0.2) is 35.2 Å². The van der Waals surface area contributed by atoms with E-state index in [1.807, 2.05) is 0 Å². The van der Waals surface area contributed by atoms with E-state index in [1.54, 1.807) is 12.1 Å². The number of aliphatic imine (C=N–C) groups is 1. The molecule has 1 aromatic carbocycles. The van der Waals surface area contributed by atoms with E-state index in [0.29, 0.717) is 18.1 Å². The van der Waals surface area contributed by atoms with Crippen LogP contribution in [0.4, 0.5) is 5.69 Å². The topological polar surface area (TPSA) is 85.0 Å². The molecule has 0 unspecified atom stereocenters. The van der Waals surface area contributed by atoms with Gasteiger partial charge in [0, 0.05) is 17.7 Å². The summed E-state index contributed by atoms with van der Waals surface area (Å²) in [5.41, 5.74) is 0.711. The molecule has 0 amide bonds. The third kappa shape index (κ3) is 2.01. The van der Waals surface area contributed by atoms with Crippen LogP contribution in [0.3, 0.4) is 0 Å². The van der Waals surface area contributed by atoms with E-state index in [9.17, 15) is 10.1 Å². The molecule has 16 heavy (non-hydrogen) atoms. The second-order valence-corrected chi connectivity index (χ2v) is 3.39. The van der Waals surface area contributed by atoms with Crippen LogP contribution in [-0.2, 0) is 4.74 Å². The van der Waals surface area contributed by atoms with Crippen molar-refractivity contribution in [1.82, 2.24) is 0 Å². The van der Waals surface area contributed by atoms with Crippen molar-refractivity contribution in [3.63, 3.8) is 0 Å². The van der Waals surface area contributed by atoms with Gasteiger partial charge in [-0.25, -0.2) is 4.99 Å². The van der Waals surface area contributed by atoms with Gasteiger partial charge in [-0.1, -0.05) is 0 Å². The van der Waals surface area contributed by atoms with Crippen molar-refractivity contribution in [3.05, 3.63) is 39.9 Å². The molecule has 0 spiro atoms. The number of aliphatic hydroxyl groups excluding tert-OH is 1. The Morgan fingerprint density at radius 2 is 2.19 bits per heavy atom. The number of non-ortho nitro benzene ring substituents is 1. The van der Waals surface area contributed by atoms with Crippen molar-refractivity contribution in [2.45, 2.75) is 6.04 Å². The maximum atomic E-state index is 10.4. The minimum atomic E-state index is -0.461. The van der Waals surface area contributed by atoms with Gasteiger partial charge in [-0.3, -0.25) is 10.1 Å². The molecule has 1 heterocycles. The molecule has 0 saturated carbocycles. The number of hydrogen-bond acceptors (Lipinski definition) is 5. The number of nitrogens with zero attached hydrogens (tertiary/aromatic N) is 2. The zero-order valence-corrected chi connectivity index (χ0v) is 8.37. The van der Waals surface area contributed by atoms with Gasteiger partial charge < -0.3 is 9.84 Å². The van der Waals surface area contributed by atoms with Crippen molar-refractivity contribution in [1.29, 1.82) is 0 Å². The molecule has 1 aliphatic rings. The predicted octanol–water partition coefficient (Wildman–Crippen LogP) is 0.732. The van der Waals surface area contributed by atoms with Gasteiger partial charge in [-0.05, 0) is 12.1 Å². The van der Waals surface area contributed by atoms with Gasteiger partial charge in [0.05, 0.1) is 11.5 Å². The molecular formula is C10H10N2O4. The molecule has 2 rings (SSSR count). The lowest BCUT2D eigenvalue weighted by Crippen LogP contribution is -2.10. The first-order valence-corrected chi connectivity index (χ1v) is 4.77. The predicted molar refractivity (Wildman–Crippen MR) is 56.5 cm³/mol. The van der Waals surface area contributed by atoms with Gasteiger partial charge >= 0.3 is 0 Å². The highest BCUT2D eigenvalue weighted by molar-refractivity contribution is 5.95. The summed E-state index contributed by atoms with van der Waals surface area (Å²) in [6, 6.07) is 5.72. The van der Waals surface area contributed by atoms with E-state index in [1.165, 1.54) is 12.1 Å². The molecule has 0 aromatic heterocycles. The number of benzene rings is 1. The Kier molecular flexibility index (Phi) is 2.82. The number of rotatable bonds is 3. The second kappa shape index (κ2) is 4.28. The third-order valence-corrected chi connectivity index (χ3v) is 2.25. The fourth-order valence-corrected chi connectivity index (χ4v) is 1.39. The Morgan fingerprint density at radius 3 is 2.69 bits per heavy atom. The van der Waals surface area contributed by atoms with Crippen LogP contribution >= 0.6 is 0 Å². The number of nitro groups is 1. The van der Waals surface area contributed by atoms with Crippen molar-refractivity contribution < 1.29 is 14.8 Å². The largest absolute Gasteiger partial charge is 0.475 e. The number of nitro benzene ring substituents is 1. The zero-order valence-electron chi connectivity index (χ0n) is 8.37. The minimum Gasteiger partial charge on any atom is -0.475 e. The van der Waals surface area contributed by atoms with Gasteiger partial charge in [-0.15, -0.1) is 0 Å². The maximum Gasteiger partial charge on any atom is 0.269 e. The summed E-state index contributed by atoms with van der Waals surface area (Å²) in [6.07, 6.45) is 0. The summed E-state index contributed by atoms with van der Waals surface area (Å²) < 4.78 is 5.26. The SMILES string of the molecule is O=[N+]([O-])c1ccc(C2=N[C@@H](CO)CO2)cc1. The molecule has 1 aliphatic heterocycles. The van der Waals surface area contributed by atoms with E-state index in [0.717, 1.165) is 0 Å². The van der Waals surface area contributed by atoms with Crippen LogP contribution < -0.4 is 0 Å². The summed E-state index contributed by atoms with van der Waals surface area (Å²) in [4.78, 5) is 14.1. The molecule has 0 saturated heterocycles. The molecule has 0 bridgehead atoms. The van der Waals surface area contributed by atoms with Crippen molar-refractivity contribution in [2.24, 2.45) is 4.99 Å². The molecular weight excluding hydrogens is 212 g/mol. The zero-order chi connectivity index (χ0) is 11.5. The van der Waals surface area contributed by atoms with E-state index in [2.05, 4.69) is 4.99 Å². The molecule has 0 aliphatic carbocycles. The number of hydrogen-bond donors (Lipinski definition) is 1. The van der Waals surface area contributed by atoms with Gasteiger partial charge in [-0.2, -0.15) is 0 Å². The smallest absolute Gasteiger partial charge is 0.269 e. The van der Waals surface area contributed by atoms with Gasteiger partial charge in [0.2, 0.25) is 5.90 Å². The van der Waals surface area contributed by atoms with E-state index in [4.69, 9.17) is 9.84 Å². The summed E-state index contributed by atoms with van der Waals surface area (Å²) in [6.45, 7) is 0.291. The summed E-state index contributed by atoms with van der Waals surface area (Å²) in [5, 5.41) is 19.3. The number of ether oxygens (including phenoxy) is 1. The van der Waals surface area contributed by atoms with Crippen LogP contribution in [0.1, 0.15) is 5.56 Å². The van der Waals surface area contributed by atoms with Crippen LogP contribution in [0.2, 0.25) is 0 Å². The lowest BCUT2D eigenvalue weighted by molar-refractivity contribution is -0.384.